The third-order valence-electron chi connectivity index (χ3n) is 6.02. The Balaban J connectivity index is 1.82. The molecule has 27 heavy (non-hydrogen) atoms. The van der Waals surface area contributed by atoms with Crippen molar-refractivity contribution in [2.45, 2.75) is 38.3 Å². The number of carbonyl (C=O) groups excluding carboxylic acids is 1. The molecule has 146 valence electrons. The quantitative estimate of drug-likeness (QED) is 0.793. The van der Waals surface area contributed by atoms with Crippen LogP contribution in [0, 0.1) is 5.92 Å². The van der Waals surface area contributed by atoms with Gasteiger partial charge in [0.1, 0.15) is 6.04 Å². The van der Waals surface area contributed by atoms with Crippen molar-refractivity contribution in [2.75, 3.05) is 34.4 Å². The largest absolute Gasteiger partial charge is 0.493 e. The van der Waals surface area contributed by atoms with Crippen molar-refractivity contribution in [3.8, 4) is 17.2 Å². The van der Waals surface area contributed by atoms with E-state index in [4.69, 9.17) is 19.3 Å². The maximum atomic E-state index is 12.7. The van der Waals surface area contributed by atoms with Gasteiger partial charge in [0, 0.05) is 12.3 Å². The van der Waals surface area contributed by atoms with Gasteiger partial charge in [-0.2, -0.15) is 5.10 Å². The Morgan fingerprint density at radius 1 is 1.07 bits per heavy atom. The van der Waals surface area contributed by atoms with E-state index in [1.54, 1.807) is 26.3 Å². The lowest BCUT2D eigenvalue weighted by atomic mass is 9.78. The highest BCUT2D eigenvalue weighted by atomic mass is 16.5. The molecule has 2 bridgehead atoms. The van der Waals surface area contributed by atoms with Gasteiger partial charge in [0.2, 0.25) is 11.7 Å². The zero-order chi connectivity index (χ0) is 19.1. The molecule has 0 spiro atoms. The third kappa shape index (κ3) is 2.76. The molecule has 1 aromatic carbocycles. The SMILES string of the molecule is CCC(=O)N1N=C2C3CCN(CC3)C2C1c1cc(OC)c(OC)c(OC)c1. The van der Waals surface area contributed by atoms with E-state index in [0.717, 1.165) is 37.2 Å². The molecule has 0 aliphatic carbocycles. The fraction of sp³-hybridized carbons (Fsp3) is 0.600. The number of carbonyl (C=O) groups is 1. The summed E-state index contributed by atoms with van der Waals surface area (Å²) < 4.78 is 16.5. The molecule has 7 nitrogen and oxygen atoms in total. The Hall–Kier alpha value is -2.28. The monoisotopic (exact) mass is 373 g/mol. The van der Waals surface area contributed by atoms with Crippen LogP contribution in [0.3, 0.4) is 0 Å². The van der Waals surface area contributed by atoms with Crippen LogP contribution in [0.4, 0.5) is 0 Å². The molecule has 3 saturated heterocycles. The molecular formula is C20H27N3O4. The molecule has 4 aliphatic heterocycles. The number of rotatable bonds is 5. The van der Waals surface area contributed by atoms with E-state index >= 15 is 0 Å². The second-order valence-electron chi connectivity index (χ2n) is 7.28. The van der Waals surface area contributed by atoms with E-state index in [0.29, 0.717) is 29.6 Å². The van der Waals surface area contributed by atoms with Gasteiger partial charge in [-0.25, -0.2) is 5.01 Å². The fourth-order valence-corrected chi connectivity index (χ4v) is 4.69. The van der Waals surface area contributed by atoms with Crippen LogP contribution in [0.25, 0.3) is 0 Å². The Morgan fingerprint density at radius 2 is 1.70 bits per heavy atom. The van der Waals surface area contributed by atoms with Crippen molar-refractivity contribution < 1.29 is 19.0 Å². The lowest BCUT2D eigenvalue weighted by Crippen LogP contribution is -2.56. The molecule has 0 saturated carbocycles. The van der Waals surface area contributed by atoms with Gasteiger partial charge < -0.3 is 14.2 Å². The molecule has 0 radical (unpaired) electrons. The molecule has 1 aromatic rings. The first-order valence-corrected chi connectivity index (χ1v) is 9.57. The molecule has 4 heterocycles. The summed E-state index contributed by atoms with van der Waals surface area (Å²) in [5.41, 5.74) is 2.12. The maximum Gasteiger partial charge on any atom is 0.243 e. The smallest absolute Gasteiger partial charge is 0.243 e. The van der Waals surface area contributed by atoms with E-state index in [9.17, 15) is 4.79 Å². The summed E-state index contributed by atoms with van der Waals surface area (Å²) in [6.45, 7) is 4.00. The highest BCUT2D eigenvalue weighted by Gasteiger charge is 2.51. The van der Waals surface area contributed by atoms with Crippen LogP contribution in [0.1, 0.15) is 37.8 Å². The minimum atomic E-state index is -0.163. The van der Waals surface area contributed by atoms with Crippen molar-refractivity contribution in [2.24, 2.45) is 11.0 Å². The molecule has 4 aliphatic rings. The number of ether oxygens (including phenoxy) is 3. The van der Waals surface area contributed by atoms with E-state index < -0.39 is 0 Å². The number of hydrogen-bond donors (Lipinski definition) is 0. The molecule has 1 amide bonds. The Labute approximate surface area is 159 Å². The Bertz CT molecular complexity index is 745. The standard InChI is InChI=1S/C20H27N3O4/c1-5-16(24)23-18(19-17(21-23)12-6-8-22(19)9-7-12)13-10-14(25-2)20(27-4)15(11-13)26-3/h10-12,18-19H,5-9H2,1-4H3. The average Bonchev–Trinajstić information content (AvgIpc) is 3.15. The van der Waals surface area contributed by atoms with Crippen molar-refractivity contribution in [1.29, 1.82) is 0 Å². The van der Waals surface area contributed by atoms with Gasteiger partial charge in [0.15, 0.2) is 11.5 Å². The van der Waals surface area contributed by atoms with Crippen molar-refractivity contribution in [3.05, 3.63) is 17.7 Å². The van der Waals surface area contributed by atoms with Crippen LogP contribution in [0.15, 0.2) is 17.2 Å². The summed E-state index contributed by atoms with van der Waals surface area (Å²) >= 11 is 0. The predicted octanol–water partition coefficient (Wildman–Crippen LogP) is 2.46. The number of piperidine rings is 3. The highest BCUT2D eigenvalue weighted by Crippen LogP contribution is 2.47. The van der Waals surface area contributed by atoms with Crippen LogP contribution in [0.2, 0.25) is 0 Å². The predicted molar refractivity (Wildman–Crippen MR) is 101 cm³/mol. The van der Waals surface area contributed by atoms with Crippen molar-refractivity contribution in [3.63, 3.8) is 0 Å². The van der Waals surface area contributed by atoms with Gasteiger partial charge in [-0.15, -0.1) is 0 Å². The van der Waals surface area contributed by atoms with E-state index in [1.807, 2.05) is 19.1 Å². The molecule has 2 atom stereocenters. The van der Waals surface area contributed by atoms with Gasteiger partial charge in [-0.05, 0) is 43.6 Å². The zero-order valence-corrected chi connectivity index (χ0v) is 16.4. The van der Waals surface area contributed by atoms with E-state index in [2.05, 4.69) is 4.90 Å². The summed E-state index contributed by atoms with van der Waals surface area (Å²) in [7, 11) is 4.81. The number of benzene rings is 1. The first kappa shape index (κ1) is 18.1. The summed E-state index contributed by atoms with van der Waals surface area (Å²) in [5.74, 6) is 2.28. The van der Waals surface area contributed by atoms with Gasteiger partial charge >= 0.3 is 0 Å². The lowest BCUT2D eigenvalue weighted by Gasteiger charge is -2.46. The summed E-state index contributed by atoms with van der Waals surface area (Å²) in [6.07, 6.45) is 2.69. The molecule has 0 N–H and O–H groups in total. The second-order valence-corrected chi connectivity index (χ2v) is 7.28. The maximum absolute atomic E-state index is 12.7. The first-order valence-electron chi connectivity index (χ1n) is 9.57. The van der Waals surface area contributed by atoms with Gasteiger partial charge in [0.25, 0.3) is 0 Å². The normalized spacial score (nSPS) is 28.6. The van der Waals surface area contributed by atoms with Crippen LogP contribution < -0.4 is 14.2 Å². The first-order chi connectivity index (χ1) is 13.1. The fourth-order valence-electron chi connectivity index (χ4n) is 4.69. The summed E-state index contributed by atoms with van der Waals surface area (Å²) in [6, 6.07) is 3.87. The van der Waals surface area contributed by atoms with Crippen molar-refractivity contribution in [1.82, 2.24) is 9.91 Å². The number of nitrogens with zero attached hydrogens (tertiary/aromatic N) is 3. The lowest BCUT2D eigenvalue weighted by molar-refractivity contribution is -0.133. The van der Waals surface area contributed by atoms with Crippen LogP contribution in [0.5, 0.6) is 17.2 Å². The number of methoxy groups -OCH3 is 3. The summed E-state index contributed by atoms with van der Waals surface area (Å²) in [5, 5.41) is 6.51. The summed E-state index contributed by atoms with van der Waals surface area (Å²) in [4.78, 5) is 15.2. The van der Waals surface area contributed by atoms with Gasteiger partial charge in [0.05, 0.1) is 33.1 Å². The number of hydrogen-bond acceptors (Lipinski definition) is 6. The minimum Gasteiger partial charge on any atom is -0.493 e. The van der Waals surface area contributed by atoms with E-state index in [-0.39, 0.29) is 18.0 Å². The van der Waals surface area contributed by atoms with Crippen LogP contribution >= 0.6 is 0 Å². The highest BCUT2D eigenvalue weighted by molar-refractivity contribution is 5.97. The zero-order valence-electron chi connectivity index (χ0n) is 16.4. The molecule has 5 rings (SSSR count). The molecular weight excluding hydrogens is 346 g/mol. The van der Waals surface area contributed by atoms with Crippen LogP contribution in [-0.2, 0) is 4.79 Å². The molecule has 7 heteroatoms. The third-order valence-corrected chi connectivity index (χ3v) is 6.02. The van der Waals surface area contributed by atoms with Gasteiger partial charge in [-0.3, -0.25) is 9.69 Å². The Kier molecular flexibility index (Phi) is 4.72. The molecule has 3 fully saturated rings. The van der Waals surface area contributed by atoms with Crippen molar-refractivity contribution >= 4 is 11.6 Å². The number of amides is 1. The number of hydrazone groups is 1. The van der Waals surface area contributed by atoms with Gasteiger partial charge in [-0.1, -0.05) is 6.92 Å². The average molecular weight is 373 g/mol. The molecule has 0 aromatic heterocycles. The topological polar surface area (TPSA) is 63.6 Å². The molecule has 2 unspecified atom stereocenters. The number of fused-ring (bicyclic) bond motifs is 2. The Morgan fingerprint density at radius 3 is 2.22 bits per heavy atom. The van der Waals surface area contributed by atoms with Crippen LogP contribution in [-0.4, -0.2) is 62.0 Å². The minimum absolute atomic E-state index is 0.0382. The van der Waals surface area contributed by atoms with E-state index in [1.165, 1.54) is 0 Å². The second kappa shape index (κ2) is 7.03.